The molecule has 2 atom stereocenters. The fraction of sp³-hybridized carbons (Fsp3) is 0.500. The molecule has 2 heterocycles. The lowest BCUT2D eigenvalue weighted by molar-refractivity contribution is -0.143. The summed E-state index contributed by atoms with van der Waals surface area (Å²) in [6.45, 7) is 6.96. The van der Waals surface area contributed by atoms with Gasteiger partial charge in [0.2, 0.25) is 11.8 Å². The first-order chi connectivity index (χ1) is 17.6. The fourth-order valence-corrected chi connectivity index (χ4v) is 5.83. The number of carbonyl (C=O) groups is 2. The number of hydrogen-bond acceptors (Lipinski definition) is 4. The van der Waals surface area contributed by atoms with Gasteiger partial charge >= 0.3 is 0 Å². The molecule has 0 spiro atoms. The van der Waals surface area contributed by atoms with Crippen molar-refractivity contribution in [3.05, 3.63) is 63.4 Å². The summed E-state index contributed by atoms with van der Waals surface area (Å²) >= 11 is 12.5. The maximum atomic E-state index is 14.1. The Labute approximate surface area is 228 Å². The van der Waals surface area contributed by atoms with E-state index in [-0.39, 0.29) is 23.7 Å². The van der Waals surface area contributed by atoms with E-state index in [4.69, 9.17) is 28.9 Å². The van der Waals surface area contributed by atoms with Gasteiger partial charge in [0.25, 0.3) is 0 Å². The lowest BCUT2D eigenvalue weighted by Gasteiger charge is -2.40. The zero-order valence-electron chi connectivity index (χ0n) is 21.4. The van der Waals surface area contributed by atoms with Crippen LogP contribution >= 0.6 is 23.2 Å². The summed E-state index contributed by atoms with van der Waals surface area (Å²) in [5.41, 5.74) is 8.96. The molecule has 6 nitrogen and oxygen atoms in total. The summed E-state index contributed by atoms with van der Waals surface area (Å²) in [5.74, 6) is 0.0136. The number of benzene rings is 2. The molecule has 2 N–H and O–H groups in total. The minimum atomic E-state index is -0.610. The molecule has 2 aromatic rings. The van der Waals surface area contributed by atoms with E-state index in [9.17, 15) is 14.0 Å². The van der Waals surface area contributed by atoms with Gasteiger partial charge in [-0.25, -0.2) is 4.39 Å². The second-order valence-electron chi connectivity index (χ2n) is 10.4. The SMILES string of the molecule is CC(C)C[C@H](N)c1cc(F)ccc1N1CCN(C(=O)[C@@H](Cc2ccc(Cl)cc2Cl)N2CCCC2=O)CC1. The quantitative estimate of drug-likeness (QED) is 0.500. The highest BCUT2D eigenvalue weighted by atomic mass is 35.5. The molecule has 0 unspecified atom stereocenters. The topological polar surface area (TPSA) is 69.9 Å². The van der Waals surface area contributed by atoms with E-state index in [1.165, 1.54) is 12.1 Å². The fourth-order valence-electron chi connectivity index (χ4n) is 5.35. The van der Waals surface area contributed by atoms with E-state index in [1.54, 1.807) is 23.1 Å². The van der Waals surface area contributed by atoms with Gasteiger partial charge in [0.05, 0.1) is 0 Å². The molecule has 2 aliphatic heterocycles. The second-order valence-corrected chi connectivity index (χ2v) is 11.2. The van der Waals surface area contributed by atoms with Crippen molar-refractivity contribution in [1.29, 1.82) is 0 Å². The molecule has 2 aromatic carbocycles. The minimum absolute atomic E-state index is 0.00262. The Morgan fingerprint density at radius 2 is 1.78 bits per heavy atom. The third-order valence-corrected chi connectivity index (χ3v) is 7.83. The van der Waals surface area contributed by atoms with Gasteiger partial charge in [-0.2, -0.15) is 0 Å². The van der Waals surface area contributed by atoms with E-state index in [0.717, 1.165) is 29.7 Å². The Balaban J connectivity index is 1.50. The largest absolute Gasteiger partial charge is 0.368 e. The van der Waals surface area contributed by atoms with E-state index in [2.05, 4.69) is 18.7 Å². The molecule has 0 aromatic heterocycles. The van der Waals surface area contributed by atoms with Gasteiger partial charge in [-0.15, -0.1) is 0 Å². The minimum Gasteiger partial charge on any atom is -0.368 e. The Hall–Kier alpha value is -2.35. The van der Waals surface area contributed by atoms with Gasteiger partial charge < -0.3 is 20.4 Å². The third-order valence-electron chi connectivity index (χ3n) is 7.25. The van der Waals surface area contributed by atoms with Crippen LogP contribution in [-0.4, -0.2) is 60.4 Å². The van der Waals surface area contributed by atoms with E-state index in [0.29, 0.717) is 61.5 Å². The highest BCUT2D eigenvalue weighted by Gasteiger charge is 2.37. The number of likely N-dealkylation sites (tertiary alicyclic amines) is 1. The van der Waals surface area contributed by atoms with E-state index < -0.39 is 6.04 Å². The van der Waals surface area contributed by atoms with Crippen LogP contribution in [0.3, 0.4) is 0 Å². The van der Waals surface area contributed by atoms with Crippen LogP contribution in [-0.2, 0) is 16.0 Å². The predicted octanol–water partition coefficient (Wildman–Crippen LogP) is 5.06. The van der Waals surface area contributed by atoms with Crippen LogP contribution < -0.4 is 10.6 Å². The molecular formula is C28H35Cl2FN4O2. The van der Waals surface area contributed by atoms with Gasteiger partial charge in [0.15, 0.2) is 0 Å². The van der Waals surface area contributed by atoms with Crippen molar-refractivity contribution in [3.8, 4) is 0 Å². The molecular weight excluding hydrogens is 514 g/mol. The van der Waals surface area contributed by atoms with Crippen molar-refractivity contribution in [2.24, 2.45) is 11.7 Å². The molecule has 2 amide bonds. The molecule has 2 saturated heterocycles. The molecule has 4 rings (SSSR count). The normalized spacial score (nSPS) is 18.0. The first-order valence-corrected chi connectivity index (χ1v) is 13.7. The molecule has 0 radical (unpaired) electrons. The van der Waals surface area contributed by atoms with Gasteiger partial charge in [-0.1, -0.05) is 43.1 Å². The number of anilines is 1. The van der Waals surface area contributed by atoms with Gasteiger partial charge in [0.1, 0.15) is 11.9 Å². The van der Waals surface area contributed by atoms with Crippen LogP contribution in [0.5, 0.6) is 0 Å². The Morgan fingerprint density at radius 3 is 2.41 bits per heavy atom. The third kappa shape index (κ3) is 6.57. The van der Waals surface area contributed by atoms with Crippen LogP contribution in [0.2, 0.25) is 10.0 Å². The average Bonchev–Trinajstić information content (AvgIpc) is 3.28. The van der Waals surface area contributed by atoms with E-state index >= 15 is 0 Å². The van der Waals surface area contributed by atoms with Crippen LogP contribution in [0, 0.1) is 11.7 Å². The monoisotopic (exact) mass is 548 g/mol. The molecule has 0 bridgehead atoms. The number of nitrogens with two attached hydrogens (primary N) is 1. The maximum absolute atomic E-state index is 14.1. The van der Waals surface area contributed by atoms with Crippen molar-refractivity contribution < 1.29 is 14.0 Å². The van der Waals surface area contributed by atoms with Crippen molar-refractivity contribution in [2.75, 3.05) is 37.6 Å². The van der Waals surface area contributed by atoms with E-state index in [1.807, 2.05) is 11.0 Å². The number of amides is 2. The van der Waals surface area contributed by atoms with Crippen molar-refractivity contribution in [2.45, 2.75) is 51.6 Å². The van der Waals surface area contributed by atoms with Gasteiger partial charge in [0, 0.05) is 67.3 Å². The van der Waals surface area contributed by atoms with Crippen molar-refractivity contribution in [1.82, 2.24) is 9.80 Å². The summed E-state index contributed by atoms with van der Waals surface area (Å²) in [7, 11) is 0. The summed E-state index contributed by atoms with van der Waals surface area (Å²) < 4.78 is 14.1. The Kier molecular flexibility index (Phi) is 8.98. The lowest BCUT2D eigenvalue weighted by atomic mass is 9.95. The molecule has 200 valence electrons. The molecule has 9 heteroatoms. The number of hydrogen-bond donors (Lipinski definition) is 1. The second kappa shape index (κ2) is 12.0. The summed E-state index contributed by atoms with van der Waals surface area (Å²) in [4.78, 5) is 32.1. The molecule has 0 saturated carbocycles. The Morgan fingerprint density at radius 1 is 1.05 bits per heavy atom. The zero-order valence-corrected chi connectivity index (χ0v) is 22.9. The molecule has 2 fully saturated rings. The van der Waals surface area contributed by atoms with Crippen LogP contribution in [0.25, 0.3) is 0 Å². The maximum Gasteiger partial charge on any atom is 0.245 e. The Bertz CT molecular complexity index is 1140. The zero-order chi connectivity index (χ0) is 26.7. The standard InChI is InChI=1S/C28H35Cl2FN4O2/c1-18(2)14-24(32)22-17-21(31)7-8-25(22)33-10-12-34(13-11-33)28(37)26(35-9-3-4-27(35)36)15-19-5-6-20(29)16-23(19)30/h5-8,16-18,24,26H,3-4,9-15,32H2,1-2H3/t24-,26+/m0/s1. The molecule has 37 heavy (non-hydrogen) atoms. The smallest absolute Gasteiger partial charge is 0.245 e. The summed E-state index contributed by atoms with van der Waals surface area (Å²) in [5, 5.41) is 1.02. The number of carbonyl (C=O) groups excluding carboxylic acids is 2. The van der Waals surface area contributed by atoms with Gasteiger partial charge in [-0.05, 0) is 60.2 Å². The predicted molar refractivity (Wildman–Crippen MR) is 146 cm³/mol. The highest BCUT2D eigenvalue weighted by molar-refractivity contribution is 6.35. The number of nitrogens with zero attached hydrogens (tertiary/aromatic N) is 3. The summed E-state index contributed by atoms with van der Waals surface area (Å²) in [6.07, 6.45) is 2.30. The molecule has 0 aliphatic carbocycles. The van der Waals surface area contributed by atoms with Crippen LogP contribution in [0.4, 0.5) is 10.1 Å². The van der Waals surface area contributed by atoms with Gasteiger partial charge in [-0.3, -0.25) is 9.59 Å². The highest BCUT2D eigenvalue weighted by Crippen LogP contribution is 2.31. The lowest BCUT2D eigenvalue weighted by Crippen LogP contribution is -2.56. The first-order valence-electron chi connectivity index (χ1n) is 13.0. The van der Waals surface area contributed by atoms with Crippen molar-refractivity contribution in [3.63, 3.8) is 0 Å². The number of halogens is 3. The number of rotatable bonds is 8. The first kappa shape index (κ1) is 27.7. The van der Waals surface area contributed by atoms with Crippen LogP contribution in [0.1, 0.15) is 50.3 Å². The number of piperazine rings is 1. The van der Waals surface area contributed by atoms with Crippen molar-refractivity contribution >= 4 is 40.7 Å². The molecule has 2 aliphatic rings. The average molecular weight is 550 g/mol. The van der Waals surface area contributed by atoms with Crippen LogP contribution in [0.15, 0.2) is 36.4 Å². The summed E-state index contributed by atoms with van der Waals surface area (Å²) in [6, 6.07) is 9.14.